The van der Waals surface area contributed by atoms with Crippen LogP contribution in [0.2, 0.25) is 0 Å². The molecule has 0 saturated carbocycles. The third kappa shape index (κ3) is 4.24. The molecule has 8 nitrogen and oxygen atoms in total. The van der Waals surface area contributed by atoms with Gasteiger partial charge in [0.15, 0.2) is 5.13 Å². The average Bonchev–Trinajstić information content (AvgIpc) is 2.96. The molecule has 4 rings (SSSR count). The minimum atomic E-state index is -3.60. The van der Waals surface area contributed by atoms with Gasteiger partial charge in [-0.05, 0) is 42.8 Å². The zero-order chi connectivity index (χ0) is 20.4. The van der Waals surface area contributed by atoms with Crippen molar-refractivity contribution in [3.63, 3.8) is 0 Å². The lowest BCUT2D eigenvalue weighted by molar-refractivity contribution is -0.114. The second kappa shape index (κ2) is 8.05. The molecule has 29 heavy (non-hydrogen) atoms. The van der Waals surface area contributed by atoms with E-state index >= 15 is 0 Å². The van der Waals surface area contributed by atoms with Crippen molar-refractivity contribution in [1.82, 2.24) is 14.3 Å². The fourth-order valence-corrected chi connectivity index (χ4v) is 5.71. The molecular weight excluding hydrogens is 410 g/mol. The number of aromatic nitrogens is 2. The van der Waals surface area contributed by atoms with Gasteiger partial charge >= 0.3 is 0 Å². The molecule has 1 saturated heterocycles. The highest BCUT2D eigenvalue weighted by atomic mass is 32.2. The fourth-order valence-electron chi connectivity index (χ4n) is 3.28. The largest absolute Gasteiger partial charge is 0.347 e. The summed E-state index contributed by atoms with van der Waals surface area (Å²) in [5.74, 6) is -0.196. The van der Waals surface area contributed by atoms with Crippen molar-refractivity contribution in [3.8, 4) is 0 Å². The van der Waals surface area contributed by atoms with Crippen LogP contribution in [0.1, 0.15) is 13.3 Å². The minimum absolute atomic E-state index is 0.196. The standard InChI is InChI=1S/C19H21N5O3S2/c1-14(25)21-15-5-7-16(8-6-15)29(26,27)24-11-3-10-23(12-13-24)19-22-17-4-2-9-20-18(17)28-19/h2,4-9H,3,10-13H2,1H3,(H,21,25). The quantitative estimate of drug-likeness (QED) is 0.682. The summed E-state index contributed by atoms with van der Waals surface area (Å²) in [6, 6.07) is 10.1. The van der Waals surface area contributed by atoms with E-state index in [1.165, 1.54) is 34.7 Å². The van der Waals surface area contributed by atoms with Crippen LogP contribution < -0.4 is 10.2 Å². The van der Waals surface area contributed by atoms with Crippen molar-refractivity contribution in [3.05, 3.63) is 42.6 Å². The van der Waals surface area contributed by atoms with Crippen molar-refractivity contribution in [2.24, 2.45) is 0 Å². The summed E-state index contributed by atoms with van der Waals surface area (Å²) in [6.07, 6.45) is 2.46. The highest BCUT2D eigenvalue weighted by Gasteiger charge is 2.27. The van der Waals surface area contributed by atoms with Gasteiger partial charge in [0.25, 0.3) is 0 Å². The molecule has 0 spiro atoms. The highest BCUT2D eigenvalue weighted by molar-refractivity contribution is 7.89. The van der Waals surface area contributed by atoms with E-state index in [2.05, 4.69) is 20.2 Å². The molecule has 10 heteroatoms. The molecule has 1 aromatic carbocycles. The van der Waals surface area contributed by atoms with Crippen LogP contribution in [0.25, 0.3) is 10.3 Å². The summed E-state index contributed by atoms with van der Waals surface area (Å²) >= 11 is 1.53. The number of carbonyl (C=O) groups excluding carboxylic acids is 1. The predicted octanol–water partition coefficient (Wildman–Crippen LogP) is 2.55. The van der Waals surface area contributed by atoms with Crippen molar-refractivity contribution in [2.75, 3.05) is 36.4 Å². The second-order valence-corrected chi connectivity index (χ2v) is 9.67. The number of sulfonamides is 1. The van der Waals surface area contributed by atoms with Crippen molar-refractivity contribution >= 4 is 48.4 Å². The van der Waals surface area contributed by atoms with Gasteiger partial charge in [-0.15, -0.1) is 0 Å². The summed E-state index contributed by atoms with van der Waals surface area (Å²) in [7, 11) is -3.60. The van der Waals surface area contributed by atoms with Gasteiger partial charge in [0, 0.05) is 45.0 Å². The summed E-state index contributed by atoms with van der Waals surface area (Å²) in [5.41, 5.74) is 1.43. The van der Waals surface area contributed by atoms with Gasteiger partial charge in [0.2, 0.25) is 15.9 Å². The van der Waals surface area contributed by atoms with Gasteiger partial charge in [-0.1, -0.05) is 11.3 Å². The normalized spacial score (nSPS) is 16.0. The molecule has 0 bridgehead atoms. The number of anilines is 2. The van der Waals surface area contributed by atoms with Gasteiger partial charge in [0.05, 0.1) is 4.90 Å². The van der Waals surface area contributed by atoms with Crippen molar-refractivity contribution in [1.29, 1.82) is 0 Å². The number of thiazole rings is 1. The van der Waals surface area contributed by atoms with E-state index in [0.717, 1.165) is 22.0 Å². The Kier molecular flexibility index (Phi) is 5.48. The van der Waals surface area contributed by atoms with Crippen LogP contribution in [0, 0.1) is 0 Å². The molecule has 3 aromatic rings. The molecule has 1 aliphatic rings. The van der Waals surface area contributed by atoms with Crippen LogP contribution in [0.15, 0.2) is 47.5 Å². The summed E-state index contributed by atoms with van der Waals surface area (Å²) in [6.45, 7) is 3.57. The van der Waals surface area contributed by atoms with E-state index in [1.54, 1.807) is 18.3 Å². The maximum absolute atomic E-state index is 13.1. The Balaban J connectivity index is 1.49. The number of hydrogen-bond donors (Lipinski definition) is 1. The lowest BCUT2D eigenvalue weighted by Crippen LogP contribution is -2.35. The monoisotopic (exact) mass is 431 g/mol. The molecule has 1 amide bonds. The first kappa shape index (κ1) is 19.7. The number of nitrogens with one attached hydrogen (secondary N) is 1. The molecule has 152 valence electrons. The maximum atomic E-state index is 13.1. The van der Waals surface area contributed by atoms with E-state index in [0.29, 0.717) is 31.7 Å². The zero-order valence-electron chi connectivity index (χ0n) is 15.9. The third-order valence-corrected chi connectivity index (χ3v) is 7.65. The second-order valence-electron chi connectivity index (χ2n) is 6.77. The number of benzene rings is 1. The molecule has 1 N–H and O–H groups in total. The van der Waals surface area contributed by atoms with Gasteiger partial charge in [0.1, 0.15) is 10.3 Å². The van der Waals surface area contributed by atoms with Crippen LogP contribution in [0.3, 0.4) is 0 Å². The third-order valence-electron chi connectivity index (χ3n) is 4.69. The SMILES string of the molecule is CC(=O)Nc1ccc(S(=O)(=O)N2CCCN(c3nc4cccnc4s3)CC2)cc1. The first-order chi connectivity index (χ1) is 13.9. The number of rotatable bonds is 4. The molecule has 0 unspecified atom stereocenters. The Labute approximate surface area is 173 Å². The molecule has 0 atom stereocenters. The van der Waals surface area contributed by atoms with E-state index in [9.17, 15) is 13.2 Å². The molecule has 1 aliphatic heterocycles. The van der Waals surface area contributed by atoms with Crippen molar-refractivity contribution in [2.45, 2.75) is 18.2 Å². The van der Waals surface area contributed by atoms with Crippen LogP contribution >= 0.6 is 11.3 Å². The van der Waals surface area contributed by atoms with Gasteiger partial charge < -0.3 is 10.2 Å². The van der Waals surface area contributed by atoms with Gasteiger partial charge in [-0.2, -0.15) is 4.31 Å². The average molecular weight is 432 g/mol. The van der Waals surface area contributed by atoms with Gasteiger partial charge in [-0.25, -0.2) is 18.4 Å². The van der Waals surface area contributed by atoms with E-state index in [-0.39, 0.29) is 10.8 Å². The first-order valence-electron chi connectivity index (χ1n) is 9.28. The first-order valence-corrected chi connectivity index (χ1v) is 11.5. The number of amides is 1. The minimum Gasteiger partial charge on any atom is -0.347 e. The molecule has 3 heterocycles. The number of fused-ring (bicyclic) bond motifs is 1. The Hall–Kier alpha value is -2.56. The molecule has 0 aliphatic carbocycles. The van der Waals surface area contributed by atoms with E-state index in [4.69, 9.17) is 0 Å². The van der Waals surface area contributed by atoms with E-state index in [1.807, 2.05) is 12.1 Å². The summed E-state index contributed by atoms with van der Waals surface area (Å²) in [5, 5.41) is 3.52. The topological polar surface area (TPSA) is 95.5 Å². The van der Waals surface area contributed by atoms with E-state index < -0.39 is 10.0 Å². The zero-order valence-corrected chi connectivity index (χ0v) is 17.5. The lowest BCUT2D eigenvalue weighted by Gasteiger charge is -2.21. The number of nitrogens with zero attached hydrogens (tertiary/aromatic N) is 4. The van der Waals surface area contributed by atoms with Crippen LogP contribution in [-0.2, 0) is 14.8 Å². The van der Waals surface area contributed by atoms with Crippen LogP contribution in [0.5, 0.6) is 0 Å². The lowest BCUT2D eigenvalue weighted by atomic mass is 10.3. The molecule has 1 fully saturated rings. The van der Waals surface area contributed by atoms with Crippen LogP contribution in [-0.4, -0.2) is 54.8 Å². The van der Waals surface area contributed by atoms with Gasteiger partial charge in [-0.3, -0.25) is 4.79 Å². The van der Waals surface area contributed by atoms with Crippen LogP contribution in [0.4, 0.5) is 10.8 Å². The molecule has 0 radical (unpaired) electrons. The fraction of sp³-hybridized carbons (Fsp3) is 0.316. The summed E-state index contributed by atoms with van der Waals surface area (Å²) in [4.78, 5) is 23.3. The summed E-state index contributed by atoms with van der Waals surface area (Å²) < 4.78 is 27.6. The molecule has 2 aromatic heterocycles. The molecular formula is C19H21N5O3S2. The Bertz CT molecular complexity index is 1100. The van der Waals surface area contributed by atoms with Crippen molar-refractivity contribution < 1.29 is 13.2 Å². The Morgan fingerprint density at radius 2 is 1.90 bits per heavy atom. The highest BCUT2D eigenvalue weighted by Crippen LogP contribution is 2.28. The smallest absolute Gasteiger partial charge is 0.243 e. The number of pyridine rings is 1. The Morgan fingerprint density at radius 3 is 2.62 bits per heavy atom. The Morgan fingerprint density at radius 1 is 1.10 bits per heavy atom. The maximum Gasteiger partial charge on any atom is 0.243 e. The predicted molar refractivity (Wildman–Crippen MR) is 114 cm³/mol. The number of hydrogen-bond acceptors (Lipinski definition) is 7. The number of carbonyl (C=O) groups is 1.